The lowest BCUT2D eigenvalue weighted by Gasteiger charge is -2.27. The van der Waals surface area contributed by atoms with Crippen LogP contribution in [0.25, 0.3) is 0 Å². The molecule has 1 heterocycles. The third-order valence-corrected chi connectivity index (χ3v) is 6.72. The summed E-state index contributed by atoms with van der Waals surface area (Å²) in [6.45, 7) is 5.66. The molecule has 2 fully saturated rings. The fourth-order valence-electron chi connectivity index (χ4n) is 2.85. The fourth-order valence-corrected chi connectivity index (χ4v) is 5.93. The minimum Gasteiger partial charge on any atom is -0.374 e. The van der Waals surface area contributed by atoms with E-state index in [1.54, 1.807) is 0 Å². The van der Waals surface area contributed by atoms with Gasteiger partial charge in [-0.25, -0.2) is 0 Å². The average molecular weight is 259 g/mol. The van der Waals surface area contributed by atoms with Crippen molar-refractivity contribution >= 4 is 8.80 Å². The Morgan fingerprint density at radius 2 is 2.06 bits per heavy atom. The molecule has 4 unspecified atom stereocenters. The smallest absolute Gasteiger partial charge is 0.374 e. The maximum atomic E-state index is 6.20. The first-order chi connectivity index (χ1) is 8.19. The van der Waals surface area contributed by atoms with E-state index in [2.05, 4.69) is 6.92 Å². The van der Waals surface area contributed by atoms with Gasteiger partial charge < -0.3 is 19.0 Å². The van der Waals surface area contributed by atoms with E-state index in [9.17, 15) is 0 Å². The first kappa shape index (κ1) is 13.5. The first-order valence-corrected chi connectivity index (χ1v) is 8.82. The van der Waals surface area contributed by atoms with Crippen LogP contribution in [0, 0.1) is 5.92 Å². The second-order valence-corrected chi connectivity index (χ2v) is 7.87. The van der Waals surface area contributed by atoms with Crippen molar-refractivity contribution in [3.8, 4) is 0 Å². The molecule has 2 aliphatic rings. The lowest BCUT2D eigenvalue weighted by atomic mass is 9.87. The van der Waals surface area contributed by atoms with Gasteiger partial charge in [-0.1, -0.05) is 6.92 Å². The highest BCUT2D eigenvalue weighted by atomic mass is 28.4. The minimum atomic E-state index is -2.39. The number of fused-ring (bicyclic) bond motifs is 1. The van der Waals surface area contributed by atoms with E-state index >= 15 is 0 Å². The van der Waals surface area contributed by atoms with Crippen molar-refractivity contribution in [2.45, 2.75) is 57.8 Å². The van der Waals surface area contributed by atoms with Crippen LogP contribution >= 0.6 is 0 Å². The predicted molar refractivity (Wildman–Crippen MR) is 68.6 cm³/mol. The molecule has 4 atom stereocenters. The number of hydrogen-bond acceptors (Lipinski definition) is 4. The van der Waals surface area contributed by atoms with Crippen LogP contribution in [-0.2, 0) is 13.3 Å². The predicted octanol–water partition coefficient (Wildman–Crippen LogP) is 1.91. The lowest BCUT2D eigenvalue weighted by molar-refractivity contribution is 0.0864. The molecule has 2 rings (SSSR count). The Bertz CT molecular complexity index is 254. The third kappa shape index (κ3) is 3.09. The molecule has 0 spiro atoms. The minimum absolute atomic E-state index is 0.273. The van der Waals surface area contributed by atoms with Crippen molar-refractivity contribution in [2.75, 3.05) is 13.2 Å². The van der Waals surface area contributed by atoms with Gasteiger partial charge in [0.2, 0.25) is 0 Å². The summed E-state index contributed by atoms with van der Waals surface area (Å²) in [5.41, 5.74) is 5.59. The summed E-state index contributed by atoms with van der Waals surface area (Å²) in [4.78, 5) is 0. The van der Waals surface area contributed by atoms with Gasteiger partial charge in [-0.15, -0.1) is 0 Å². The SMILES string of the molecule is CCO[Si]1(CCCN)OC2CCC(C)CC2O1. The summed E-state index contributed by atoms with van der Waals surface area (Å²) in [5, 5.41) is 0. The lowest BCUT2D eigenvalue weighted by Crippen LogP contribution is -2.42. The van der Waals surface area contributed by atoms with Crippen LogP contribution in [0.1, 0.15) is 39.5 Å². The van der Waals surface area contributed by atoms with Crippen LogP contribution in [0.2, 0.25) is 6.04 Å². The molecular formula is C12H25NO3Si. The highest BCUT2D eigenvalue weighted by molar-refractivity contribution is 6.61. The number of nitrogens with two attached hydrogens (primary N) is 1. The zero-order valence-electron chi connectivity index (χ0n) is 11.0. The molecule has 0 aromatic rings. The molecule has 0 aromatic carbocycles. The summed E-state index contributed by atoms with van der Waals surface area (Å²) in [5.74, 6) is 0.751. The Morgan fingerprint density at radius 1 is 1.29 bits per heavy atom. The Balaban J connectivity index is 1.99. The molecule has 0 amide bonds. The Kier molecular flexibility index (Phi) is 4.60. The van der Waals surface area contributed by atoms with Crippen LogP contribution in [-0.4, -0.2) is 34.2 Å². The van der Waals surface area contributed by atoms with E-state index in [1.807, 2.05) is 6.92 Å². The summed E-state index contributed by atoms with van der Waals surface area (Å²) in [6, 6.07) is 0.874. The second-order valence-electron chi connectivity index (χ2n) is 5.24. The van der Waals surface area contributed by atoms with Crippen LogP contribution in [0.15, 0.2) is 0 Å². The second kappa shape index (κ2) is 5.80. The molecular weight excluding hydrogens is 234 g/mol. The number of hydrogen-bond donors (Lipinski definition) is 1. The van der Waals surface area contributed by atoms with Gasteiger partial charge in [0.05, 0.1) is 12.2 Å². The van der Waals surface area contributed by atoms with Crippen LogP contribution in [0.4, 0.5) is 0 Å². The quantitative estimate of drug-likeness (QED) is 0.766. The van der Waals surface area contributed by atoms with E-state index in [0.29, 0.717) is 13.2 Å². The molecule has 5 heteroatoms. The van der Waals surface area contributed by atoms with Gasteiger partial charge in [0, 0.05) is 12.7 Å². The first-order valence-electron chi connectivity index (χ1n) is 6.89. The van der Waals surface area contributed by atoms with E-state index in [1.165, 1.54) is 6.42 Å². The molecule has 1 aliphatic heterocycles. The van der Waals surface area contributed by atoms with Gasteiger partial charge in [0.25, 0.3) is 0 Å². The summed E-state index contributed by atoms with van der Waals surface area (Å²) < 4.78 is 18.2. The summed E-state index contributed by atoms with van der Waals surface area (Å²) in [6.07, 6.45) is 4.97. The summed E-state index contributed by atoms with van der Waals surface area (Å²) >= 11 is 0. The van der Waals surface area contributed by atoms with Crippen molar-refractivity contribution < 1.29 is 13.3 Å². The topological polar surface area (TPSA) is 53.7 Å². The Labute approximate surface area is 105 Å². The molecule has 0 aromatic heterocycles. The molecule has 0 radical (unpaired) electrons. The van der Waals surface area contributed by atoms with Crippen molar-refractivity contribution in [1.29, 1.82) is 0 Å². The van der Waals surface area contributed by atoms with Gasteiger partial charge in [-0.3, -0.25) is 0 Å². The molecule has 4 nitrogen and oxygen atoms in total. The Morgan fingerprint density at radius 3 is 2.76 bits per heavy atom. The summed E-state index contributed by atoms with van der Waals surface area (Å²) in [7, 11) is -2.39. The van der Waals surface area contributed by atoms with E-state index in [0.717, 1.165) is 31.2 Å². The molecule has 100 valence electrons. The van der Waals surface area contributed by atoms with Gasteiger partial charge >= 0.3 is 8.80 Å². The standard InChI is InChI=1S/C12H25NO3Si/c1-3-14-17(8-4-7-13)15-11-6-5-10(2)9-12(11)16-17/h10-12H,3-9,13H2,1-2H3. The maximum absolute atomic E-state index is 6.20. The average Bonchev–Trinajstić information content (AvgIpc) is 2.65. The van der Waals surface area contributed by atoms with Crippen molar-refractivity contribution in [2.24, 2.45) is 11.7 Å². The monoisotopic (exact) mass is 259 g/mol. The highest BCUT2D eigenvalue weighted by Gasteiger charge is 2.53. The van der Waals surface area contributed by atoms with Gasteiger partial charge in [0.15, 0.2) is 0 Å². The zero-order valence-corrected chi connectivity index (χ0v) is 12.0. The van der Waals surface area contributed by atoms with Crippen LogP contribution in [0.5, 0.6) is 0 Å². The molecule has 2 N–H and O–H groups in total. The van der Waals surface area contributed by atoms with Crippen LogP contribution in [0.3, 0.4) is 0 Å². The van der Waals surface area contributed by atoms with Gasteiger partial charge in [-0.2, -0.15) is 0 Å². The molecule has 1 saturated heterocycles. The number of rotatable bonds is 5. The van der Waals surface area contributed by atoms with E-state index in [4.69, 9.17) is 19.0 Å². The van der Waals surface area contributed by atoms with Crippen molar-refractivity contribution in [1.82, 2.24) is 0 Å². The van der Waals surface area contributed by atoms with Crippen molar-refractivity contribution in [3.05, 3.63) is 0 Å². The molecule has 0 bridgehead atoms. The van der Waals surface area contributed by atoms with E-state index < -0.39 is 8.80 Å². The van der Waals surface area contributed by atoms with Crippen LogP contribution < -0.4 is 5.73 Å². The van der Waals surface area contributed by atoms with Crippen molar-refractivity contribution in [3.63, 3.8) is 0 Å². The third-order valence-electron chi connectivity index (χ3n) is 3.71. The largest absolute Gasteiger partial charge is 0.501 e. The Hall–Kier alpha value is 0.0569. The normalized spacial score (nSPS) is 41.5. The van der Waals surface area contributed by atoms with Gasteiger partial charge in [-0.05, 0) is 45.1 Å². The zero-order chi connectivity index (χ0) is 12.3. The fraction of sp³-hybridized carbons (Fsp3) is 1.00. The van der Waals surface area contributed by atoms with E-state index in [-0.39, 0.29) is 12.2 Å². The van der Waals surface area contributed by atoms with Gasteiger partial charge in [0.1, 0.15) is 0 Å². The highest BCUT2D eigenvalue weighted by Crippen LogP contribution is 2.39. The molecule has 1 saturated carbocycles. The molecule has 1 aliphatic carbocycles. The molecule has 17 heavy (non-hydrogen) atoms. The maximum Gasteiger partial charge on any atom is 0.501 e.